The minimum absolute atomic E-state index is 0.597. The minimum Gasteiger partial charge on any atom is -0.455 e. The second-order valence-corrected chi connectivity index (χ2v) is 13.2. The third kappa shape index (κ3) is 4.15. The lowest BCUT2D eigenvalue weighted by molar-refractivity contribution is 0.666. The molecule has 244 valence electrons. The zero-order valence-electron chi connectivity index (χ0n) is 28.0. The van der Waals surface area contributed by atoms with Crippen LogP contribution in [0.2, 0.25) is 0 Å². The van der Waals surface area contributed by atoms with Gasteiger partial charge in [-0.05, 0) is 48.9 Å². The Morgan fingerprint density at radius 1 is 0.442 bits per heavy atom. The maximum absolute atomic E-state index is 6.87. The van der Waals surface area contributed by atoms with Crippen molar-refractivity contribution < 1.29 is 8.83 Å². The lowest BCUT2D eigenvalue weighted by atomic mass is 9.99. The van der Waals surface area contributed by atoms with Gasteiger partial charge < -0.3 is 13.4 Å². The maximum atomic E-state index is 6.87. The lowest BCUT2D eigenvalue weighted by Gasteiger charge is -2.15. The quantitative estimate of drug-likeness (QED) is 0.187. The van der Waals surface area contributed by atoms with Crippen molar-refractivity contribution in [3.8, 4) is 39.9 Å². The van der Waals surface area contributed by atoms with Gasteiger partial charge in [0.25, 0.3) is 0 Å². The highest BCUT2D eigenvalue weighted by atomic mass is 16.3. The van der Waals surface area contributed by atoms with Crippen LogP contribution < -0.4 is 0 Å². The average Bonchev–Trinajstić information content (AvgIpc) is 3.88. The van der Waals surface area contributed by atoms with Gasteiger partial charge in [0.05, 0.1) is 22.1 Å². The summed E-state index contributed by atoms with van der Waals surface area (Å²) in [5.74, 6) is 1.83. The van der Waals surface area contributed by atoms with E-state index in [1.807, 2.05) is 84.9 Å². The van der Waals surface area contributed by atoms with Crippen LogP contribution in [0.5, 0.6) is 0 Å². The van der Waals surface area contributed by atoms with Crippen molar-refractivity contribution in [1.82, 2.24) is 19.5 Å². The Balaban J connectivity index is 1.25. The van der Waals surface area contributed by atoms with Crippen LogP contribution in [0, 0.1) is 6.92 Å². The molecule has 0 atom stereocenters. The van der Waals surface area contributed by atoms with E-state index < -0.39 is 0 Å². The highest BCUT2D eigenvalue weighted by Crippen LogP contribution is 2.45. The van der Waals surface area contributed by atoms with Crippen LogP contribution in [0.4, 0.5) is 0 Å². The summed E-state index contributed by atoms with van der Waals surface area (Å²) in [5, 5.41) is 6.37. The molecule has 0 aliphatic carbocycles. The molecule has 52 heavy (non-hydrogen) atoms. The Labute approximate surface area is 297 Å². The summed E-state index contributed by atoms with van der Waals surface area (Å²) in [4.78, 5) is 15.3. The van der Waals surface area contributed by atoms with Crippen molar-refractivity contribution >= 4 is 65.7 Å². The molecule has 4 heterocycles. The second kappa shape index (κ2) is 11.0. The molecular weight excluding hydrogens is 641 g/mol. The molecule has 0 radical (unpaired) electrons. The molecule has 0 amide bonds. The van der Waals surface area contributed by atoms with Gasteiger partial charge in [0.1, 0.15) is 16.7 Å². The molecule has 11 aromatic rings. The number of rotatable bonds is 4. The summed E-state index contributed by atoms with van der Waals surface area (Å²) in [6.07, 6.45) is 0. The van der Waals surface area contributed by atoms with Gasteiger partial charge in [-0.15, -0.1) is 0 Å². The molecule has 6 nitrogen and oxygen atoms in total. The third-order valence-electron chi connectivity index (χ3n) is 10.2. The summed E-state index contributed by atoms with van der Waals surface area (Å²) in [6, 6.07) is 51.8. The number of para-hydroxylation sites is 3. The van der Waals surface area contributed by atoms with E-state index in [2.05, 4.69) is 78.2 Å². The summed E-state index contributed by atoms with van der Waals surface area (Å²) in [6.45, 7) is 2.14. The Hall–Kier alpha value is -7.05. The number of hydrogen-bond acceptors (Lipinski definition) is 5. The van der Waals surface area contributed by atoms with Gasteiger partial charge in [0.15, 0.2) is 23.1 Å². The zero-order valence-corrected chi connectivity index (χ0v) is 28.0. The average molecular weight is 669 g/mol. The van der Waals surface area contributed by atoms with Crippen LogP contribution in [0.3, 0.4) is 0 Å². The van der Waals surface area contributed by atoms with Crippen LogP contribution in [-0.2, 0) is 0 Å². The van der Waals surface area contributed by atoms with E-state index in [0.717, 1.165) is 93.6 Å². The molecule has 0 bridgehead atoms. The van der Waals surface area contributed by atoms with Crippen LogP contribution in [0.1, 0.15) is 5.56 Å². The van der Waals surface area contributed by atoms with E-state index in [1.54, 1.807) is 0 Å². The fourth-order valence-electron chi connectivity index (χ4n) is 7.88. The van der Waals surface area contributed by atoms with Crippen molar-refractivity contribution in [2.75, 3.05) is 0 Å². The topological polar surface area (TPSA) is 69.9 Å². The Morgan fingerprint density at radius 2 is 1.00 bits per heavy atom. The number of aromatic nitrogens is 4. The molecule has 0 unspecified atom stereocenters. The molecule has 0 spiro atoms. The normalized spacial score (nSPS) is 11.9. The number of benzene rings is 7. The minimum atomic E-state index is 0.597. The second-order valence-electron chi connectivity index (χ2n) is 13.2. The van der Waals surface area contributed by atoms with Gasteiger partial charge in [0.2, 0.25) is 0 Å². The van der Waals surface area contributed by atoms with Crippen molar-refractivity contribution in [3.63, 3.8) is 0 Å². The predicted molar refractivity (Wildman–Crippen MR) is 210 cm³/mol. The monoisotopic (exact) mass is 668 g/mol. The molecule has 6 heteroatoms. The first-order valence-electron chi connectivity index (χ1n) is 17.4. The highest BCUT2D eigenvalue weighted by Gasteiger charge is 2.26. The highest BCUT2D eigenvalue weighted by molar-refractivity contribution is 6.24. The molecular formula is C46H28N4O2. The van der Waals surface area contributed by atoms with Gasteiger partial charge in [-0.25, -0.2) is 15.0 Å². The number of hydrogen-bond donors (Lipinski definition) is 0. The molecule has 0 aliphatic rings. The van der Waals surface area contributed by atoms with Crippen LogP contribution in [-0.4, -0.2) is 19.5 Å². The van der Waals surface area contributed by atoms with Crippen molar-refractivity contribution in [3.05, 3.63) is 157 Å². The number of aryl methyl sites for hydroxylation is 1. The third-order valence-corrected chi connectivity index (χ3v) is 10.2. The van der Waals surface area contributed by atoms with Gasteiger partial charge in [-0.3, -0.25) is 0 Å². The number of fused-ring (bicyclic) bond motifs is 10. The first kappa shape index (κ1) is 28.8. The van der Waals surface area contributed by atoms with Crippen molar-refractivity contribution in [2.24, 2.45) is 0 Å². The maximum Gasteiger partial charge on any atom is 0.165 e. The summed E-state index contributed by atoms with van der Waals surface area (Å²) >= 11 is 0. The molecule has 4 aromatic heterocycles. The molecule has 0 N–H and O–H groups in total. The lowest BCUT2D eigenvalue weighted by Crippen LogP contribution is -2.03. The molecule has 0 saturated heterocycles. The van der Waals surface area contributed by atoms with Crippen LogP contribution in [0.15, 0.2) is 160 Å². The molecule has 7 aromatic carbocycles. The SMILES string of the molecule is Cc1cc(-n2c3ccccc3c3c4oc5ccccc5c4ccc32)c2oc3ccccc3c2c1-c1nc(-c2ccccc2)nc(-c2ccccc2)n1. The van der Waals surface area contributed by atoms with E-state index in [-0.39, 0.29) is 0 Å². The van der Waals surface area contributed by atoms with Gasteiger partial charge >= 0.3 is 0 Å². The predicted octanol–water partition coefficient (Wildman–Crippen LogP) is 12.1. The molecule has 0 aliphatic heterocycles. The number of furan rings is 2. The first-order valence-corrected chi connectivity index (χ1v) is 17.4. The standard InChI is InChI=1S/C46H28N4O2/c1-27-26-36(50-34-21-11-8-19-32(34)40-35(50)25-24-31-30-18-9-12-22-37(30)51-42(31)40)43-41(33-20-10-13-23-38(33)52-43)39(27)46-48-44(28-14-4-2-5-15-28)47-45(49-46)29-16-6-3-7-17-29/h2-26H,1H3. The summed E-state index contributed by atoms with van der Waals surface area (Å²) in [5.41, 5.74) is 10.2. The summed E-state index contributed by atoms with van der Waals surface area (Å²) < 4.78 is 15.8. The van der Waals surface area contributed by atoms with Crippen molar-refractivity contribution in [1.29, 1.82) is 0 Å². The van der Waals surface area contributed by atoms with Crippen LogP contribution >= 0.6 is 0 Å². The van der Waals surface area contributed by atoms with E-state index in [9.17, 15) is 0 Å². The summed E-state index contributed by atoms with van der Waals surface area (Å²) in [7, 11) is 0. The smallest absolute Gasteiger partial charge is 0.165 e. The molecule has 0 fully saturated rings. The Morgan fingerprint density at radius 3 is 1.71 bits per heavy atom. The first-order chi connectivity index (χ1) is 25.7. The molecule has 0 saturated carbocycles. The largest absolute Gasteiger partial charge is 0.455 e. The van der Waals surface area contributed by atoms with E-state index in [1.165, 1.54) is 0 Å². The molecule has 11 rings (SSSR count). The van der Waals surface area contributed by atoms with Gasteiger partial charge in [-0.1, -0.05) is 115 Å². The van der Waals surface area contributed by atoms with Gasteiger partial charge in [-0.2, -0.15) is 0 Å². The van der Waals surface area contributed by atoms with Gasteiger partial charge in [0, 0.05) is 43.6 Å². The Bertz CT molecular complexity index is 3130. The van der Waals surface area contributed by atoms with E-state index in [4.69, 9.17) is 23.8 Å². The Kier molecular flexibility index (Phi) is 6.07. The number of nitrogens with zero attached hydrogens (tertiary/aromatic N) is 4. The van der Waals surface area contributed by atoms with Crippen LogP contribution in [0.25, 0.3) is 106 Å². The van der Waals surface area contributed by atoms with Crippen molar-refractivity contribution in [2.45, 2.75) is 6.92 Å². The zero-order chi connectivity index (χ0) is 34.3. The fourth-order valence-corrected chi connectivity index (χ4v) is 7.88. The fraction of sp³-hybridized carbons (Fsp3) is 0.0217. The van der Waals surface area contributed by atoms with E-state index >= 15 is 0 Å². The van der Waals surface area contributed by atoms with E-state index in [0.29, 0.717) is 17.5 Å².